The van der Waals surface area contributed by atoms with Crippen molar-refractivity contribution in [3.05, 3.63) is 53.6 Å². The fourth-order valence-electron chi connectivity index (χ4n) is 2.19. The number of imidazole rings is 1. The summed E-state index contributed by atoms with van der Waals surface area (Å²) in [5.41, 5.74) is 3.77. The van der Waals surface area contributed by atoms with E-state index < -0.39 is 0 Å². The van der Waals surface area contributed by atoms with Crippen molar-refractivity contribution in [2.75, 3.05) is 6.61 Å². The maximum Gasteiger partial charge on any atom is 0.0948 e. The Morgan fingerprint density at radius 3 is 2.70 bits per heavy atom. The van der Waals surface area contributed by atoms with E-state index >= 15 is 0 Å². The lowest BCUT2D eigenvalue weighted by molar-refractivity contribution is 0.133. The number of nitrogens with one attached hydrogen (secondary N) is 1. The van der Waals surface area contributed by atoms with Crippen molar-refractivity contribution in [1.82, 2.24) is 14.9 Å². The third-order valence-corrected chi connectivity index (χ3v) is 3.34. The van der Waals surface area contributed by atoms with E-state index in [0.717, 1.165) is 26.2 Å². The molecular weight excluding hydrogens is 250 g/mol. The Morgan fingerprint density at radius 2 is 1.95 bits per heavy atom. The van der Waals surface area contributed by atoms with Crippen molar-refractivity contribution in [2.45, 2.75) is 40.1 Å². The molecule has 20 heavy (non-hydrogen) atoms. The number of benzene rings is 1. The molecule has 4 heteroatoms. The molecule has 0 bridgehead atoms. The van der Waals surface area contributed by atoms with Gasteiger partial charge in [-0.05, 0) is 25.0 Å². The number of rotatable bonds is 8. The average Bonchev–Trinajstić information content (AvgIpc) is 2.94. The minimum Gasteiger partial charge on any atom is -0.377 e. The van der Waals surface area contributed by atoms with Gasteiger partial charge >= 0.3 is 0 Å². The monoisotopic (exact) mass is 273 g/mol. The molecule has 0 radical (unpaired) electrons. The van der Waals surface area contributed by atoms with Crippen LogP contribution < -0.4 is 5.32 Å². The Bertz CT molecular complexity index is 522. The molecule has 0 saturated carbocycles. The van der Waals surface area contributed by atoms with E-state index in [1.54, 1.807) is 0 Å². The third-order valence-electron chi connectivity index (χ3n) is 3.34. The molecule has 0 atom stereocenters. The summed E-state index contributed by atoms with van der Waals surface area (Å²) in [5.74, 6) is 0. The molecule has 108 valence electrons. The molecule has 0 aliphatic heterocycles. The van der Waals surface area contributed by atoms with Crippen LogP contribution in [0.3, 0.4) is 0 Å². The molecule has 0 spiro atoms. The molecular formula is C16H23N3O. The summed E-state index contributed by atoms with van der Waals surface area (Å²) in [5, 5.41) is 3.48. The SMILES string of the molecule is CCOCc1ccccc1CNCc1cncn1CC. The summed E-state index contributed by atoms with van der Waals surface area (Å²) in [6, 6.07) is 8.41. The van der Waals surface area contributed by atoms with E-state index in [4.69, 9.17) is 4.74 Å². The van der Waals surface area contributed by atoms with Gasteiger partial charge in [0, 0.05) is 32.4 Å². The molecule has 0 saturated heterocycles. The molecule has 0 fully saturated rings. The quantitative estimate of drug-likeness (QED) is 0.804. The molecule has 4 nitrogen and oxygen atoms in total. The van der Waals surface area contributed by atoms with Crippen molar-refractivity contribution >= 4 is 0 Å². The van der Waals surface area contributed by atoms with E-state index in [9.17, 15) is 0 Å². The number of aromatic nitrogens is 2. The van der Waals surface area contributed by atoms with Crippen molar-refractivity contribution < 1.29 is 4.74 Å². The van der Waals surface area contributed by atoms with Gasteiger partial charge in [-0.3, -0.25) is 0 Å². The van der Waals surface area contributed by atoms with Crippen LogP contribution in [0.5, 0.6) is 0 Å². The van der Waals surface area contributed by atoms with Gasteiger partial charge in [0.05, 0.1) is 18.6 Å². The highest BCUT2D eigenvalue weighted by atomic mass is 16.5. The number of hydrogen-bond donors (Lipinski definition) is 1. The van der Waals surface area contributed by atoms with Gasteiger partial charge in [-0.15, -0.1) is 0 Å². The van der Waals surface area contributed by atoms with Crippen LogP contribution in [0.1, 0.15) is 30.7 Å². The lowest BCUT2D eigenvalue weighted by Gasteiger charge is -2.11. The summed E-state index contributed by atoms with van der Waals surface area (Å²) in [6.45, 7) is 8.21. The second-order valence-electron chi connectivity index (χ2n) is 4.68. The molecule has 1 N–H and O–H groups in total. The normalized spacial score (nSPS) is 10.9. The first-order chi connectivity index (χ1) is 9.85. The highest BCUT2D eigenvalue weighted by molar-refractivity contribution is 5.26. The second-order valence-corrected chi connectivity index (χ2v) is 4.68. The fraction of sp³-hybridized carbons (Fsp3) is 0.438. The van der Waals surface area contributed by atoms with Crippen LogP contribution in [-0.2, 0) is 31.0 Å². The Balaban J connectivity index is 1.90. The Morgan fingerprint density at radius 1 is 1.15 bits per heavy atom. The van der Waals surface area contributed by atoms with Crippen LogP contribution >= 0.6 is 0 Å². The number of nitrogens with zero attached hydrogens (tertiary/aromatic N) is 2. The van der Waals surface area contributed by atoms with Crippen LogP contribution in [-0.4, -0.2) is 16.2 Å². The summed E-state index contributed by atoms with van der Waals surface area (Å²) in [7, 11) is 0. The smallest absolute Gasteiger partial charge is 0.0948 e. The number of aryl methyl sites for hydroxylation is 1. The van der Waals surface area contributed by atoms with Gasteiger partial charge in [0.25, 0.3) is 0 Å². The van der Waals surface area contributed by atoms with Crippen LogP contribution in [0.2, 0.25) is 0 Å². The lowest BCUT2D eigenvalue weighted by atomic mass is 10.1. The highest BCUT2D eigenvalue weighted by Crippen LogP contribution is 2.10. The zero-order valence-electron chi connectivity index (χ0n) is 12.3. The maximum atomic E-state index is 5.51. The standard InChI is InChI=1S/C16H23N3O/c1-3-19-13-18-11-16(19)10-17-9-14-7-5-6-8-15(14)12-20-4-2/h5-8,11,13,17H,3-4,9-10,12H2,1-2H3. The number of ether oxygens (including phenoxy) is 1. The molecule has 1 heterocycles. The Hall–Kier alpha value is -1.65. The van der Waals surface area contributed by atoms with Gasteiger partial charge in [-0.2, -0.15) is 0 Å². The van der Waals surface area contributed by atoms with Gasteiger partial charge < -0.3 is 14.6 Å². The van der Waals surface area contributed by atoms with Crippen molar-refractivity contribution in [2.24, 2.45) is 0 Å². The van der Waals surface area contributed by atoms with E-state index in [2.05, 4.69) is 46.1 Å². The van der Waals surface area contributed by atoms with Gasteiger partial charge in [0.15, 0.2) is 0 Å². The van der Waals surface area contributed by atoms with E-state index in [1.165, 1.54) is 16.8 Å². The molecule has 2 aromatic rings. The van der Waals surface area contributed by atoms with Crippen molar-refractivity contribution in [1.29, 1.82) is 0 Å². The van der Waals surface area contributed by atoms with Gasteiger partial charge in [0.2, 0.25) is 0 Å². The van der Waals surface area contributed by atoms with Crippen molar-refractivity contribution in [3.8, 4) is 0 Å². The van der Waals surface area contributed by atoms with Crippen LogP contribution in [0.15, 0.2) is 36.8 Å². The first-order valence-corrected chi connectivity index (χ1v) is 7.19. The van der Waals surface area contributed by atoms with Crippen LogP contribution in [0.25, 0.3) is 0 Å². The number of hydrogen-bond acceptors (Lipinski definition) is 3. The largest absolute Gasteiger partial charge is 0.377 e. The summed E-state index contributed by atoms with van der Waals surface area (Å²) >= 11 is 0. The van der Waals surface area contributed by atoms with Crippen LogP contribution in [0.4, 0.5) is 0 Å². The minimum absolute atomic E-state index is 0.682. The van der Waals surface area contributed by atoms with Crippen molar-refractivity contribution in [3.63, 3.8) is 0 Å². The summed E-state index contributed by atoms with van der Waals surface area (Å²) in [6.07, 6.45) is 3.79. The first-order valence-electron chi connectivity index (χ1n) is 7.19. The average molecular weight is 273 g/mol. The topological polar surface area (TPSA) is 39.1 Å². The summed E-state index contributed by atoms with van der Waals surface area (Å²) < 4.78 is 7.66. The first kappa shape index (κ1) is 14.8. The molecule has 0 unspecified atom stereocenters. The minimum atomic E-state index is 0.682. The predicted octanol–water partition coefficient (Wildman–Crippen LogP) is 2.73. The molecule has 0 aliphatic carbocycles. The van der Waals surface area contributed by atoms with E-state index in [0.29, 0.717) is 6.61 Å². The predicted molar refractivity (Wildman–Crippen MR) is 80.2 cm³/mol. The van der Waals surface area contributed by atoms with Gasteiger partial charge in [-0.1, -0.05) is 24.3 Å². The van der Waals surface area contributed by atoms with Crippen LogP contribution in [0, 0.1) is 0 Å². The summed E-state index contributed by atoms with van der Waals surface area (Å²) in [4.78, 5) is 4.18. The zero-order valence-corrected chi connectivity index (χ0v) is 12.3. The van der Waals surface area contributed by atoms with E-state index in [1.807, 2.05) is 19.4 Å². The Labute approximate surface area is 120 Å². The molecule has 2 rings (SSSR count). The highest BCUT2D eigenvalue weighted by Gasteiger charge is 2.03. The third kappa shape index (κ3) is 3.92. The van der Waals surface area contributed by atoms with Gasteiger partial charge in [0.1, 0.15) is 0 Å². The van der Waals surface area contributed by atoms with E-state index in [-0.39, 0.29) is 0 Å². The van der Waals surface area contributed by atoms with Gasteiger partial charge in [-0.25, -0.2) is 4.98 Å². The lowest BCUT2D eigenvalue weighted by Crippen LogP contribution is -2.16. The molecule has 1 aromatic carbocycles. The second kappa shape index (κ2) is 7.82. The zero-order chi connectivity index (χ0) is 14.2. The fourth-order valence-corrected chi connectivity index (χ4v) is 2.19. The Kier molecular flexibility index (Phi) is 5.77. The molecule has 0 aliphatic rings. The molecule has 1 aromatic heterocycles. The maximum absolute atomic E-state index is 5.51. The molecule has 0 amide bonds.